The van der Waals surface area contributed by atoms with Gasteiger partial charge in [-0.1, -0.05) is 0 Å². The molecule has 1 N–H and O–H groups in total. The summed E-state index contributed by atoms with van der Waals surface area (Å²) in [6.45, 7) is 2.30. The Morgan fingerprint density at radius 2 is 1.96 bits per heavy atom. The molecule has 128 valence electrons. The third kappa shape index (κ3) is 4.34. The monoisotopic (exact) mass is 337 g/mol. The fourth-order valence-electron chi connectivity index (χ4n) is 1.98. The van der Waals surface area contributed by atoms with Crippen LogP contribution in [-0.4, -0.2) is 41.9 Å². The fraction of sp³-hybridized carbons (Fsp3) is 0.417. The Balaban J connectivity index is 1.74. The quantitative estimate of drug-likeness (QED) is 0.541. The van der Waals surface area contributed by atoms with Gasteiger partial charge in [0.25, 0.3) is 0 Å². The highest BCUT2D eigenvalue weighted by atomic mass is 16.6. The van der Waals surface area contributed by atoms with E-state index in [2.05, 4.69) is 15.5 Å². The van der Waals surface area contributed by atoms with Crippen molar-refractivity contribution in [2.45, 2.75) is 26.4 Å². The minimum atomic E-state index is -0.548. The van der Waals surface area contributed by atoms with Crippen molar-refractivity contribution in [1.29, 1.82) is 0 Å². The van der Waals surface area contributed by atoms with E-state index in [0.29, 0.717) is 12.2 Å². The molecule has 12 nitrogen and oxygen atoms in total. The molecule has 0 aliphatic carbocycles. The Hall–Kier alpha value is -3.31. The predicted octanol–water partition coefficient (Wildman–Crippen LogP) is 0.411. The van der Waals surface area contributed by atoms with Crippen LogP contribution < -0.4 is 5.32 Å². The van der Waals surface area contributed by atoms with E-state index in [9.17, 15) is 25.0 Å². The molecule has 0 saturated heterocycles. The molecule has 24 heavy (non-hydrogen) atoms. The molecule has 0 atom stereocenters. The summed E-state index contributed by atoms with van der Waals surface area (Å²) < 4.78 is 2.71. The maximum Gasteiger partial charge on any atom is 0.309 e. The molecule has 0 saturated carbocycles. The van der Waals surface area contributed by atoms with Gasteiger partial charge in [-0.3, -0.25) is 34.4 Å². The molecule has 0 aliphatic heterocycles. The lowest BCUT2D eigenvalue weighted by molar-refractivity contribution is -0.385. The molecular formula is C12H15N7O5. The van der Waals surface area contributed by atoms with E-state index >= 15 is 0 Å². The summed E-state index contributed by atoms with van der Waals surface area (Å²) in [6, 6.07) is 0. The Morgan fingerprint density at radius 3 is 2.54 bits per heavy atom. The molecule has 0 aliphatic rings. The molecule has 2 aromatic heterocycles. The standard InChI is InChI=1S/C12H15N7O5/c1-9-11(19(23)24)8-17(15-9)4-2-12(20)13-3-5-16-7-10(6-14-16)18(21)22/h6-8H,2-5H2,1H3,(H,13,20). The molecule has 12 heteroatoms. The van der Waals surface area contributed by atoms with Crippen molar-refractivity contribution in [3.8, 4) is 0 Å². The van der Waals surface area contributed by atoms with Crippen molar-refractivity contribution in [3.05, 3.63) is 44.5 Å². The van der Waals surface area contributed by atoms with Crippen molar-refractivity contribution in [3.63, 3.8) is 0 Å². The topological polar surface area (TPSA) is 151 Å². The van der Waals surface area contributed by atoms with Crippen molar-refractivity contribution in [1.82, 2.24) is 24.9 Å². The summed E-state index contributed by atoms with van der Waals surface area (Å²) >= 11 is 0. The van der Waals surface area contributed by atoms with Crippen LogP contribution in [-0.2, 0) is 17.9 Å². The highest BCUT2D eigenvalue weighted by Crippen LogP contribution is 2.15. The second kappa shape index (κ2) is 7.30. The number of hydrogen-bond donors (Lipinski definition) is 1. The van der Waals surface area contributed by atoms with Crippen LogP contribution in [0.1, 0.15) is 12.1 Å². The van der Waals surface area contributed by atoms with Gasteiger partial charge in [-0.15, -0.1) is 0 Å². The predicted molar refractivity (Wildman–Crippen MR) is 80.1 cm³/mol. The van der Waals surface area contributed by atoms with Gasteiger partial charge in [0.1, 0.15) is 24.3 Å². The van der Waals surface area contributed by atoms with E-state index in [1.807, 2.05) is 0 Å². The highest BCUT2D eigenvalue weighted by Gasteiger charge is 2.15. The van der Waals surface area contributed by atoms with E-state index in [-0.39, 0.29) is 36.8 Å². The molecule has 0 fully saturated rings. The lowest BCUT2D eigenvalue weighted by atomic mass is 10.4. The van der Waals surface area contributed by atoms with Gasteiger partial charge in [0.15, 0.2) is 0 Å². The van der Waals surface area contributed by atoms with Gasteiger partial charge in [-0.2, -0.15) is 10.2 Å². The lowest BCUT2D eigenvalue weighted by Gasteiger charge is -2.05. The first-order valence-electron chi connectivity index (χ1n) is 6.99. The number of nitro groups is 2. The molecule has 2 aromatic rings. The molecule has 2 rings (SSSR count). The number of aryl methyl sites for hydroxylation is 2. The zero-order valence-electron chi connectivity index (χ0n) is 12.8. The largest absolute Gasteiger partial charge is 0.354 e. The average molecular weight is 337 g/mol. The number of carbonyl (C=O) groups is 1. The number of hydrogen-bond acceptors (Lipinski definition) is 7. The molecule has 0 spiro atoms. The first-order valence-corrected chi connectivity index (χ1v) is 6.99. The SMILES string of the molecule is Cc1nn(CCC(=O)NCCn2cc([N+](=O)[O-])cn2)cc1[N+](=O)[O-]. The zero-order valence-corrected chi connectivity index (χ0v) is 12.8. The van der Waals surface area contributed by atoms with Crippen LogP contribution in [0.4, 0.5) is 11.4 Å². The highest BCUT2D eigenvalue weighted by molar-refractivity contribution is 5.75. The van der Waals surface area contributed by atoms with Gasteiger partial charge in [-0.05, 0) is 6.92 Å². The van der Waals surface area contributed by atoms with Crippen LogP contribution in [0.2, 0.25) is 0 Å². The van der Waals surface area contributed by atoms with Gasteiger partial charge in [0, 0.05) is 19.5 Å². The Bertz CT molecular complexity index is 766. The second-order valence-corrected chi connectivity index (χ2v) is 4.94. The molecule has 0 unspecified atom stereocenters. The van der Waals surface area contributed by atoms with E-state index in [1.165, 1.54) is 28.7 Å². The molecular weight excluding hydrogens is 322 g/mol. The third-order valence-corrected chi connectivity index (χ3v) is 3.18. The van der Waals surface area contributed by atoms with Gasteiger partial charge in [-0.25, -0.2) is 0 Å². The van der Waals surface area contributed by atoms with Crippen molar-refractivity contribution < 1.29 is 14.6 Å². The van der Waals surface area contributed by atoms with Crippen LogP contribution in [0.15, 0.2) is 18.6 Å². The van der Waals surface area contributed by atoms with E-state index in [1.54, 1.807) is 0 Å². The summed E-state index contributed by atoms with van der Waals surface area (Å²) in [7, 11) is 0. The van der Waals surface area contributed by atoms with Crippen LogP contribution in [0, 0.1) is 27.2 Å². The van der Waals surface area contributed by atoms with Gasteiger partial charge >= 0.3 is 11.4 Å². The lowest BCUT2D eigenvalue weighted by Crippen LogP contribution is -2.28. The minimum absolute atomic E-state index is 0.0873. The Labute approximate surface area is 135 Å². The van der Waals surface area contributed by atoms with Crippen molar-refractivity contribution in [2.75, 3.05) is 6.54 Å². The third-order valence-electron chi connectivity index (χ3n) is 3.18. The molecule has 1 amide bonds. The second-order valence-electron chi connectivity index (χ2n) is 4.94. The van der Waals surface area contributed by atoms with Gasteiger partial charge in [0.05, 0.1) is 16.4 Å². The summed E-state index contributed by atoms with van der Waals surface area (Å²) in [4.78, 5) is 31.9. The molecule has 0 aromatic carbocycles. The zero-order chi connectivity index (χ0) is 17.7. The fourth-order valence-corrected chi connectivity index (χ4v) is 1.98. The average Bonchev–Trinajstić information content (AvgIpc) is 3.12. The molecule has 0 radical (unpaired) electrons. The van der Waals surface area contributed by atoms with E-state index < -0.39 is 9.85 Å². The van der Waals surface area contributed by atoms with E-state index in [4.69, 9.17) is 0 Å². The summed E-state index contributed by atoms with van der Waals surface area (Å²) in [5.41, 5.74) is 0.0911. The number of nitrogens with one attached hydrogen (secondary N) is 1. The smallest absolute Gasteiger partial charge is 0.309 e. The number of carbonyl (C=O) groups excluding carboxylic acids is 1. The Kier molecular flexibility index (Phi) is 5.19. The first kappa shape index (κ1) is 17.1. The molecule has 2 heterocycles. The number of nitrogens with zero attached hydrogens (tertiary/aromatic N) is 6. The van der Waals surface area contributed by atoms with Gasteiger partial charge in [0.2, 0.25) is 5.91 Å². The van der Waals surface area contributed by atoms with E-state index in [0.717, 1.165) is 6.20 Å². The maximum absolute atomic E-state index is 11.7. The Morgan fingerprint density at radius 1 is 1.21 bits per heavy atom. The summed E-state index contributed by atoms with van der Waals surface area (Å²) in [5.74, 6) is -0.257. The van der Waals surface area contributed by atoms with Crippen LogP contribution in [0.5, 0.6) is 0 Å². The maximum atomic E-state index is 11.7. The first-order chi connectivity index (χ1) is 11.4. The summed E-state index contributed by atoms with van der Waals surface area (Å²) in [6.07, 6.45) is 3.80. The van der Waals surface area contributed by atoms with Crippen LogP contribution >= 0.6 is 0 Å². The van der Waals surface area contributed by atoms with Crippen molar-refractivity contribution >= 4 is 17.3 Å². The van der Waals surface area contributed by atoms with Crippen molar-refractivity contribution in [2.24, 2.45) is 0 Å². The van der Waals surface area contributed by atoms with Gasteiger partial charge < -0.3 is 5.32 Å². The van der Waals surface area contributed by atoms with Crippen LogP contribution in [0.25, 0.3) is 0 Å². The normalized spacial score (nSPS) is 10.5. The van der Waals surface area contributed by atoms with Crippen LogP contribution in [0.3, 0.4) is 0 Å². The number of rotatable bonds is 8. The summed E-state index contributed by atoms with van der Waals surface area (Å²) in [5, 5.41) is 31.6. The number of aromatic nitrogens is 4. The number of amides is 1. The molecule has 0 bridgehead atoms. The minimum Gasteiger partial charge on any atom is -0.354 e.